The van der Waals surface area contributed by atoms with Crippen molar-refractivity contribution in [1.82, 2.24) is 4.98 Å². The number of nitrogens with one attached hydrogen (secondary N) is 2. The molecule has 0 saturated heterocycles. The molecule has 3 aromatic rings. The third-order valence-corrected chi connectivity index (χ3v) is 5.44. The van der Waals surface area contributed by atoms with E-state index in [0.29, 0.717) is 16.3 Å². The van der Waals surface area contributed by atoms with Crippen molar-refractivity contribution in [3.63, 3.8) is 0 Å². The Morgan fingerprint density at radius 1 is 1.00 bits per heavy atom. The SMILES string of the molecule is CC(Nc1nc(NC(C)c2cccc(C#N)c2)c([N+](=O)[O-])s1)c1cccc(C#N)c1. The highest BCUT2D eigenvalue weighted by Crippen LogP contribution is 2.37. The molecule has 9 heteroatoms. The number of nitriles is 2. The molecule has 30 heavy (non-hydrogen) atoms. The average Bonchev–Trinajstić information content (AvgIpc) is 3.16. The molecule has 0 aliphatic carbocycles. The van der Waals surface area contributed by atoms with Gasteiger partial charge in [0.1, 0.15) is 0 Å². The summed E-state index contributed by atoms with van der Waals surface area (Å²) in [5.41, 5.74) is 2.77. The minimum Gasteiger partial charge on any atom is -0.357 e. The topological polar surface area (TPSA) is 128 Å². The number of thiazole rings is 1. The Kier molecular flexibility index (Phi) is 6.26. The van der Waals surface area contributed by atoms with Crippen LogP contribution in [0.4, 0.5) is 16.0 Å². The van der Waals surface area contributed by atoms with E-state index < -0.39 is 4.92 Å². The van der Waals surface area contributed by atoms with Crippen molar-refractivity contribution >= 4 is 27.3 Å². The first-order valence-corrected chi connectivity index (χ1v) is 9.91. The van der Waals surface area contributed by atoms with Crippen molar-refractivity contribution in [2.75, 3.05) is 10.6 Å². The quantitative estimate of drug-likeness (QED) is 0.401. The molecular weight excluding hydrogens is 400 g/mol. The van der Waals surface area contributed by atoms with Crippen LogP contribution in [0.2, 0.25) is 0 Å². The maximum Gasteiger partial charge on any atom is 0.369 e. The zero-order valence-corrected chi connectivity index (χ0v) is 17.1. The lowest BCUT2D eigenvalue weighted by Gasteiger charge is -2.14. The minimum absolute atomic E-state index is 0.0984. The molecule has 0 bridgehead atoms. The van der Waals surface area contributed by atoms with Gasteiger partial charge in [-0.15, -0.1) is 0 Å². The van der Waals surface area contributed by atoms with Crippen LogP contribution in [0, 0.1) is 32.8 Å². The largest absolute Gasteiger partial charge is 0.369 e. The normalized spacial score (nSPS) is 12.3. The molecule has 2 N–H and O–H groups in total. The monoisotopic (exact) mass is 418 g/mol. The Bertz CT molecular complexity index is 1160. The summed E-state index contributed by atoms with van der Waals surface area (Å²) in [6.07, 6.45) is 0. The van der Waals surface area contributed by atoms with Crippen LogP contribution < -0.4 is 10.6 Å². The Hall–Kier alpha value is -3.95. The van der Waals surface area contributed by atoms with Crippen molar-refractivity contribution in [1.29, 1.82) is 10.5 Å². The highest BCUT2D eigenvalue weighted by molar-refractivity contribution is 7.19. The van der Waals surface area contributed by atoms with Crippen molar-refractivity contribution in [3.05, 3.63) is 80.9 Å². The predicted octanol–water partition coefficient (Wildman–Crippen LogP) is 5.14. The molecule has 0 radical (unpaired) electrons. The van der Waals surface area contributed by atoms with Crippen molar-refractivity contribution in [2.45, 2.75) is 25.9 Å². The number of benzene rings is 2. The highest BCUT2D eigenvalue weighted by atomic mass is 32.1. The van der Waals surface area contributed by atoms with E-state index in [-0.39, 0.29) is 22.9 Å². The first-order chi connectivity index (χ1) is 14.4. The fourth-order valence-electron chi connectivity index (χ4n) is 2.90. The Morgan fingerprint density at radius 2 is 1.53 bits per heavy atom. The van der Waals surface area contributed by atoms with Crippen LogP contribution in [0.1, 0.15) is 48.2 Å². The molecule has 0 spiro atoms. The minimum atomic E-state index is -0.468. The molecule has 3 rings (SSSR count). The van der Waals surface area contributed by atoms with Crippen molar-refractivity contribution < 1.29 is 4.92 Å². The maximum atomic E-state index is 11.5. The summed E-state index contributed by atoms with van der Waals surface area (Å²) in [5.74, 6) is 0.167. The standard InChI is InChI=1S/C21H18N6O2S/c1-13(17-7-3-5-15(9-17)11-22)24-19-20(27(28)29)30-21(26-19)25-14(2)18-8-4-6-16(10-18)12-23/h3-10,13-14,24H,1-2H3,(H,25,26). The lowest BCUT2D eigenvalue weighted by atomic mass is 10.1. The third kappa shape index (κ3) is 4.72. The molecule has 1 heterocycles. The van der Waals surface area contributed by atoms with Gasteiger partial charge in [-0.3, -0.25) is 10.1 Å². The number of anilines is 2. The van der Waals surface area contributed by atoms with Crippen LogP contribution in [0.25, 0.3) is 0 Å². The van der Waals surface area contributed by atoms with Gasteiger partial charge in [0, 0.05) is 0 Å². The lowest BCUT2D eigenvalue weighted by molar-refractivity contribution is -0.379. The number of rotatable bonds is 7. The number of hydrogen-bond acceptors (Lipinski definition) is 8. The van der Waals surface area contributed by atoms with Gasteiger partial charge in [-0.05, 0) is 60.6 Å². The number of nitrogens with zero attached hydrogens (tertiary/aromatic N) is 4. The van der Waals surface area contributed by atoms with Crippen molar-refractivity contribution in [2.24, 2.45) is 0 Å². The Morgan fingerprint density at radius 3 is 2.03 bits per heavy atom. The molecule has 0 fully saturated rings. The number of nitro groups is 1. The average molecular weight is 418 g/mol. The third-order valence-electron chi connectivity index (χ3n) is 4.50. The van der Waals surface area contributed by atoms with E-state index in [1.807, 2.05) is 26.0 Å². The first-order valence-electron chi connectivity index (χ1n) is 9.09. The van der Waals surface area contributed by atoms with Crippen LogP contribution in [0.5, 0.6) is 0 Å². The fourth-order valence-corrected chi connectivity index (χ4v) is 3.74. The van der Waals surface area contributed by atoms with Gasteiger partial charge < -0.3 is 10.6 Å². The van der Waals surface area contributed by atoms with Crippen LogP contribution in [0.15, 0.2) is 48.5 Å². The van der Waals surface area contributed by atoms with Crippen LogP contribution >= 0.6 is 11.3 Å². The van der Waals surface area contributed by atoms with Crippen molar-refractivity contribution in [3.8, 4) is 12.1 Å². The van der Waals surface area contributed by atoms with E-state index >= 15 is 0 Å². The second-order valence-corrected chi connectivity index (χ2v) is 7.61. The second-order valence-electron chi connectivity index (χ2n) is 6.64. The molecular formula is C21H18N6O2S. The number of aromatic nitrogens is 1. The highest BCUT2D eigenvalue weighted by Gasteiger charge is 2.24. The van der Waals surface area contributed by atoms with E-state index in [1.165, 1.54) is 0 Å². The Labute approximate surface area is 177 Å². The smallest absolute Gasteiger partial charge is 0.357 e. The molecule has 150 valence electrons. The van der Waals surface area contributed by atoms with E-state index in [2.05, 4.69) is 27.8 Å². The zero-order chi connectivity index (χ0) is 21.7. The van der Waals surface area contributed by atoms with E-state index in [4.69, 9.17) is 10.5 Å². The second kappa shape index (κ2) is 9.03. The molecule has 8 nitrogen and oxygen atoms in total. The van der Waals surface area contributed by atoms with Gasteiger partial charge in [0.2, 0.25) is 5.82 Å². The fraction of sp³-hybridized carbons (Fsp3) is 0.190. The van der Waals surface area contributed by atoms with Crippen LogP contribution in [0.3, 0.4) is 0 Å². The van der Waals surface area contributed by atoms with Gasteiger partial charge in [0.25, 0.3) is 0 Å². The summed E-state index contributed by atoms with van der Waals surface area (Å²) in [5, 5.41) is 36.2. The van der Waals surface area contributed by atoms with Crippen LogP contribution in [-0.4, -0.2) is 9.91 Å². The lowest BCUT2D eigenvalue weighted by Crippen LogP contribution is -2.09. The van der Waals surface area contributed by atoms with Crippen LogP contribution in [-0.2, 0) is 0 Å². The van der Waals surface area contributed by atoms with Gasteiger partial charge in [-0.25, -0.2) is 0 Å². The molecule has 0 aliphatic rings. The summed E-state index contributed by atoms with van der Waals surface area (Å²) in [7, 11) is 0. The molecule has 2 unspecified atom stereocenters. The molecule has 0 saturated carbocycles. The summed E-state index contributed by atoms with van der Waals surface area (Å²) in [6.45, 7) is 3.75. The Balaban J connectivity index is 1.81. The molecule has 0 aliphatic heterocycles. The molecule has 1 aromatic heterocycles. The molecule has 2 atom stereocenters. The summed E-state index contributed by atoms with van der Waals surface area (Å²) in [4.78, 5) is 15.4. The summed E-state index contributed by atoms with van der Waals surface area (Å²) >= 11 is 0.944. The van der Waals surface area contributed by atoms with E-state index in [0.717, 1.165) is 22.5 Å². The van der Waals surface area contributed by atoms with Gasteiger partial charge in [0.05, 0.1) is 40.3 Å². The zero-order valence-electron chi connectivity index (χ0n) is 16.3. The van der Waals surface area contributed by atoms with Gasteiger partial charge in [-0.2, -0.15) is 15.5 Å². The van der Waals surface area contributed by atoms with E-state index in [9.17, 15) is 10.1 Å². The number of hydrogen-bond donors (Lipinski definition) is 2. The summed E-state index contributed by atoms with van der Waals surface area (Å²) < 4.78 is 0. The first kappa shape index (κ1) is 20.8. The van der Waals surface area contributed by atoms with Gasteiger partial charge >= 0.3 is 5.00 Å². The van der Waals surface area contributed by atoms with Gasteiger partial charge in [-0.1, -0.05) is 24.3 Å². The maximum absolute atomic E-state index is 11.5. The van der Waals surface area contributed by atoms with Gasteiger partial charge in [0.15, 0.2) is 5.13 Å². The van der Waals surface area contributed by atoms with E-state index in [1.54, 1.807) is 36.4 Å². The molecule has 0 amide bonds. The predicted molar refractivity (Wildman–Crippen MR) is 115 cm³/mol. The molecule has 2 aromatic carbocycles. The summed E-state index contributed by atoms with van der Waals surface area (Å²) in [6, 6.07) is 17.9.